The molecule has 0 saturated heterocycles. The highest BCUT2D eigenvalue weighted by Crippen LogP contribution is 2.29. The highest BCUT2D eigenvalue weighted by Gasteiger charge is 2.12. The Balaban J connectivity index is 1.99. The second kappa shape index (κ2) is 5.38. The standard InChI is InChI=1S/C14H11BrN2O2S/c15-11-4-2-1-3-10(11)12-7-17-9(5-6-13(18)19)8-20-14(17)16-12/h1-4,7-8H,5-6H2,(H,18,19). The van der Waals surface area contributed by atoms with E-state index < -0.39 is 5.97 Å². The van der Waals surface area contributed by atoms with E-state index in [1.54, 1.807) is 0 Å². The third-order valence-corrected chi connectivity index (χ3v) is 4.61. The molecule has 0 spiro atoms. The van der Waals surface area contributed by atoms with Gasteiger partial charge in [0.15, 0.2) is 4.96 Å². The van der Waals surface area contributed by atoms with Crippen molar-refractivity contribution in [2.45, 2.75) is 12.8 Å². The predicted molar refractivity (Wildman–Crippen MR) is 82.2 cm³/mol. The number of carboxylic acids is 1. The SMILES string of the molecule is O=C(O)CCc1csc2nc(-c3ccccc3Br)cn12. The number of carbonyl (C=O) groups is 1. The first-order chi connectivity index (χ1) is 9.65. The van der Waals surface area contributed by atoms with Gasteiger partial charge in [-0.15, -0.1) is 11.3 Å². The van der Waals surface area contributed by atoms with Gasteiger partial charge < -0.3 is 5.11 Å². The number of aliphatic carboxylic acids is 1. The van der Waals surface area contributed by atoms with Crippen molar-refractivity contribution in [1.82, 2.24) is 9.38 Å². The molecule has 0 fully saturated rings. The molecule has 0 radical (unpaired) electrons. The minimum atomic E-state index is -0.782. The maximum Gasteiger partial charge on any atom is 0.303 e. The van der Waals surface area contributed by atoms with E-state index in [0.29, 0.717) is 6.42 Å². The van der Waals surface area contributed by atoms with E-state index in [1.165, 1.54) is 11.3 Å². The fraction of sp³-hybridized carbons (Fsp3) is 0.143. The third-order valence-electron chi connectivity index (χ3n) is 3.03. The second-order valence-electron chi connectivity index (χ2n) is 4.38. The first-order valence-corrected chi connectivity index (χ1v) is 7.74. The molecule has 1 N–H and O–H groups in total. The molecule has 2 aromatic heterocycles. The number of aromatic nitrogens is 2. The molecular formula is C14H11BrN2O2S. The fourth-order valence-electron chi connectivity index (χ4n) is 2.04. The first kappa shape index (κ1) is 13.3. The molecule has 0 atom stereocenters. The molecule has 0 unspecified atom stereocenters. The van der Waals surface area contributed by atoms with E-state index >= 15 is 0 Å². The normalized spacial score (nSPS) is 11.1. The molecule has 0 aliphatic heterocycles. The van der Waals surface area contributed by atoms with E-state index in [9.17, 15) is 4.79 Å². The Morgan fingerprint density at radius 2 is 2.20 bits per heavy atom. The van der Waals surface area contributed by atoms with Crippen LogP contribution in [-0.2, 0) is 11.2 Å². The molecule has 20 heavy (non-hydrogen) atoms. The summed E-state index contributed by atoms with van der Waals surface area (Å²) in [4.78, 5) is 16.2. The van der Waals surface area contributed by atoms with E-state index in [0.717, 1.165) is 26.4 Å². The summed E-state index contributed by atoms with van der Waals surface area (Å²) in [6, 6.07) is 7.92. The van der Waals surface area contributed by atoms with Crippen LogP contribution in [0.5, 0.6) is 0 Å². The summed E-state index contributed by atoms with van der Waals surface area (Å²) in [6.07, 6.45) is 2.61. The highest BCUT2D eigenvalue weighted by molar-refractivity contribution is 9.10. The van der Waals surface area contributed by atoms with Crippen molar-refractivity contribution in [3.63, 3.8) is 0 Å². The number of fused-ring (bicyclic) bond motifs is 1. The Morgan fingerprint density at radius 3 is 2.95 bits per heavy atom. The quantitative estimate of drug-likeness (QED) is 0.777. The van der Waals surface area contributed by atoms with Gasteiger partial charge in [0.1, 0.15) is 0 Å². The average Bonchev–Trinajstić information content (AvgIpc) is 2.97. The Bertz CT molecular complexity index is 778. The van der Waals surface area contributed by atoms with Gasteiger partial charge in [-0.2, -0.15) is 0 Å². The maximum absolute atomic E-state index is 10.7. The molecule has 3 aromatic rings. The van der Waals surface area contributed by atoms with E-state index in [4.69, 9.17) is 5.11 Å². The number of aryl methyl sites for hydroxylation is 1. The number of halogens is 1. The van der Waals surface area contributed by atoms with Crippen LogP contribution in [0.15, 0.2) is 40.3 Å². The van der Waals surface area contributed by atoms with Gasteiger partial charge >= 0.3 is 5.97 Å². The van der Waals surface area contributed by atoms with Gasteiger partial charge in [0, 0.05) is 27.3 Å². The minimum absolute atomic E-state index is 0.133. The molecule has 4 nitrogen and oxygen atoms in total. The van der Waals surface area contributed by atoms with E-state index in [-0.39, 0.29) is 6.42 Å². The number of nitrogens with zero attached hydrogens (tertiary/aromatic N) is 2. The summed E-state index contributed by atoms with van der Waals surface area (Å²) in [6.45, 7) is 0. The zero-order valence-corrected chi connectivity index (χ0v) is 12.8. The largest absolute Gasteiger partial charge is 0.481 e. The van der Waals surface area contributed by atoms with Crippen LogP contribution in [-0.4, -0.2) is 20.5 Å². The predicted octanol–water partition coefficient (Wildman–Crippen LogP) is 3.84. The molecule has 1 aromatic carbocycles. The molecule has 6 heteroatoms. The third kappa shape index (κ3) is 2.48. The van der Waals surface area contributed by atoms with Crippen molar-refractivity contribution in [3.05, 3.63) is 46.0 Å². The van der Waals surface area contributed by atoms with Gasteiger partial charge in [-0.3, -0.25) is 9.20 Å². The summed E-state index contributed by atoms with van der Waals surface area (Å²) in [5.41, 5.74) is 2.91. The Hall–Kier alpha value is -1.66. The molecule has 0 bridgehead atoms. The van der Waals surface area contributed by atoms with Gasteiger partial charge in [-0.05, 0) is 12.5 Å². The lowest BCUT2D eigenvalue weighted by Gasteiger charge is -1.99. The lowest BCUT2D eigenvalue weighted by atomic mass is 10.2. The van der Waals surface area contributed by atoms with Crippen LogP contribution in [0.2, 0.25) is 0 Å². The fourth-order valence-corrected chi connectivity index (χ4v) is 3.44. The van der Waals surface area contributed by atoms with Gasteiger partial charge in [-0.25, -0.2) is 4.98 Å². The molecule has 0 amide bonds. The van der Waals surface area contributed by atoms with Crippen LogP contribution in [0.1, 0.15) is 12.1 Å². The summed E-state index contributed by atoms with van der Waals surface area (Å²) in [7, 11) is 0. The Kier molecular flexibility index (Phi) is 3.58. The maximum atomic E-state index is 10.7. The number of thiazole rings is 1. The van der Waals surface area contributed by atoms with Crippen molar-refractivity contribution < 1.29 is 9.90 Å². The molecule has 0 saturated carbocycles. The van der Waals surface area contributed by atoms with Crippen molar-refractivity contribution >= 4 is 38.2 Å². The van der Waals surface area contributed by atoms with Crippen LogP contribution < -0.4 is 0 Å². The van der Waals surface area contributed by atoms with Crippen LogP contribution in [0.25, 0.3) is 16.2 Å². The summed E-state index contributed by atoms with van der Waals surface area (Å²) in [5.74, 6) is -0.782. The molecular weight excluding hydrogens is 340 g/mol. The lowest BCUT2D eigenvalue weighted by Crippen LogP contribution is -1.99. The Morgan fingerprint density at radius 1 is 1.40 bits per heavy atom. The topological polar surface area (TPSA) is 54.6 Å². The van der Waals surface area contributed by atoms with Gasteiger partial charge in [0.05, 0.1) is 12.1 Å². The monoisotopic (exact) mass is 350 g/mol. The van der Waals surface area contributed by atoms with Crippen molar-refractivity contribution in [1.29, 1.82) is 0 Å². The Labute approximate surface area is 127 Å². The number of hydrogen-bond donors (Lipinski definition) is 1. The number of carboxylic acid groups (broad SMARTS) is 1. The zero-order chi connectivity index (χ0) is 14.1. The van der Waals surface area contributed by atoms with Crippen LogP contribution in [0.3, 0.4) is 0 Å². The smallest absolute Gasteiger partial charge is 0.303 e. The van der Waals surface area contributed by atoms with Gasteiger partial charge in [-0.1, -0.05) is 34.1 Å². The van der Waals surface area contributed by atoms with Gasteiger partial charge in [0.25, 0.3) is 0 Å². The van der Waals surface area contributed by atoms with Crippen molar-refractivity contribution in [2.24, 2.45) is 0 Å². The minimum Gasteiger partial charge on any atom is -0.481 e. The lowest BCUT2D eigenvalue weighted by molar-refractivity contribution is -0.136. The summed E-state index contributed by atoms with van der Waals surface area (Å²) >= 11 is 5.05. The van der Waals surface area contributed by atoms with Crippen molar-refractivity contribution in [2.75, 3.05) is 0 Å². The molecule has 3 rings (SSSR count). The van der Waals surface area contributed by atoms with Crippen LogP contribution in [0.4, 0.5) is 0 Å². The van der Waals surface area contributed by atoms with Gasteiger partial charge in [0.2, 0.25) is 0 Å². The molecule has 102 valence electrons. The van der Waals surface area contributed by atoms with Crippen LogP contribution in [0, 0.1) is 0 Å². The van der Waals surface area contributed by atoms with E-state index in [1.807, 2.05) is 40.2 Å². The highest BCUT2D eigenvalue weighted by atomic mass is 79.9. The van der Waals surface area contributed by atoms with E-state index in [2.05, 4.69) is 20.9 Å². The molecule has 0 aliphatic rings. The number of rotatable bonds is 4. The number of benzene rings is 1. The molecule has 2 heterocycles. The number of imidazole rings is 1. The average molecular weight is 351 g/mol. The summed E-state index contributed by atoms with van der Waals surface area (Å²) < 4.78 is 2.97. The van der Waals surface area contributed by atoms with Crippen molar-refractivity contribution in [3.8, 4) is 11.3 Å². The van der Waals surface area contributed by atoms with Crippen LogP contribution >= 0.6 is 27.3 Å². The zero-order valence-electron chi connectivity index (χ0n) is 10.4. The number of hydrogen-bond acceptors (Lipinski definition) is 3. The molecule has 0 aliphatic carbocycles. The first-order valence-electron chi connectivity index (χ1n) is 6.07. The second-order valence-corrected chi connectivity index (χ2v) is 6.07. The summed E-state index contributed by atoms with van der Waals surface area (Å²) in [5, 5.41) is 10.7.